The van der Waals surface area contributed by atoms with Crippen LogP contribution in [0, 0.1) is 5.92 Å². The van der Waals surface area contributed by atoms with Gasteiger partial charge in [0, 0.05) is 5.69 Å². The second kappa shape index (κ2) is 7.75. The zero-order chi connectivity index (χ0) is 14.4. The van der Waals surface area contributed by atoms with Crippen molar-refractivity contribution in [2.24, 2.45) is 5.92 Å². The van der Waals surface area contributed by atoms with Crippen molar-refractivity contribution in [2.75, 3.05) is 11.9 Å². The molecule has 0 saturated heterocycles. The molecule has 0 aliphatic heterocycles. The third-order valence-electron chi connectivity index (χ3n) is 2.50. The number of halogens is 2. The van der Waals surface area contributed by atoms with Crippen LogP contribution in [0.4, 0.5) is 5.69 Å². The summed E-state index contributed by atoms with van der Waals surface area (Å²) >= 11 is 9.47. The monoisotopic (exact) mass is 347 g/mol. The molecule has 1 aromatic carbocycles. The van der Waals surface area contributed by atoms with Crippen molar-refractivity contribution in [1.29, 1.82) is 0 Å². The van der Waals surface area contributed by atoms with Crippen LogP contribution in [0.5, 0.6) is 5.75 Å². The van der Waals surface area contributed by atoms with Gasteiger partial charge in [-0.2, -0.15) is 0 Å². The Morgan fingerprint density at radius 3 is 2.68 bits per heavy atom. The highest BCUT2D eigenvalue weighted by molar-refractivity contribution is 9.10. The van der Waals surface area contributed by atoms with E-state index in [0.29, 0.717) is 23.1 Å². The van der Waals surface area contributed by atoms with Crippen molar-refractivity contribution in [1.82, 2.24) is 0 Å². The standard InChI is InChI=1S/C14H19BrClNO2/c1-4-7-19-12-6-5-10(8-11(12)16)17-14(18)13(15)9(2)3/h5-6,8-9,13H,4,7H2,1-3H3,(H,17,18). The highest BCUT2D eigenvalue weighted by Gasteiger charge is 2.18. The van der Waals surface area contributed by atoms with E-state index in [9.17, 15) is 4.79 Å². The van der Waals surface area contributed by atoms with E-state index < -0.39 is 0 Å². The molecular formula is C14H19BrClNO2. The van der Waals surface area contributed by atoms with E-state index in [-0.39, 0.29) is 16.7 Å². The number of anilines is 1. The number of hydrogen-bond acceptors (Lipinski definition) is 2. The van der Waals surface area contributed by atoms with E-state index in [2.05, 4.69) is 21.2 Å². The molecule has 0 radical (unpaired) electrons. The summed E-state index contributed by atoms with van der Waals surface area (Å²) in [7, 11) is 0. The summed E-state index contributed by atoms with van der Waals surface area (Å²) in [6.45, 7) is 6.62. The summed E-state index contributed by atoms with van der Waals surface area (Å²) in [5, 5.41) is 3.32. The summed E-state index contributed by atoms with van der Waals surface area (Å²) in [6, 6.07) is 5.26. The second-order valence-electron chi connectivity index (χ2n) is 4.63. The Balaban J connectivity index is 2.70. The summed E-state index contributed by atoms with van der Waals surface area (Å²) in [6.07, 6.45) is 0.925. The highest BCUT2D eigenvalue weighted by Crippen LogP contribution is 2.28. The average Bonchev–Trinajstić information content (AvgIpc) is 2.36. The van der Waals surface area contributed by atoms with Crippen LogP contribution < -0.4 is 10.1 Å². The quantitative estimate of drug-likeness (QED) is 0.769. The van der Waals surface area contributed by atoms with Gasteiger partial charge in [0.1, 0.15) is 5.75 Å². The lowest BCUT2D eigenvalue weighted by molar-refractivity contribution is -0.116. The maximum absolute atomic E-state index is 11.9. The SMILES string of the molecule is CCCOc1ccc(NC(=O)C(Br)C(C)C)cc1Cl. The second-order valence-corrected chi connectivity index (χ2v) is 6.02. The molecule has 1 amide bonds. The van der Waals surface area contributed by atoms with Crippen molar-refractivity contribution >= 4 is 39.1 Å². The first-order chi connectivity index (χ1) is 8.95. The van der Waals surface area contributed by atoms with Crippen LogP contribution in [-0.4, -0.2) is 17.3 Å². The Hall–Kier alpha value is -0.740. The molecule has 3 nitrogen and oxygen atoms in total. The van der Waals surface area contributed by atoms with Gasteiger partial charge in [0.25, 0.3) is 0 Å². The normalized spacial score (nSPS) is 12.3. The number of carbonyl (C=O) groups excluding carboxylic acids is 1. The van der Waals surface area contributed by atoms with Crippen LogP contribution in [0.15, 0.2) is 18.2 Å². The van der Waals surface area contributed by atoms with Gasteiger partial charge in [0.15, 0.2) is 0 Å². The number of benzene rings is 1. The minimum atomic E-state index is -0.220. The molecule has 1 aromatic rings. The largest absolute Gasteiger partial charge is 0.492 e. The number of ether oxygens (including phenoxy) is 1. The van der Waals surface area contributed by atoms with Crippen LogP contribution in [-0.2, 0) is 4.79 Å². The molecule has 1 N–H and O–H groups in total. The van der Waals surface area contributed by atoms with E-state index in [4.69, 9.17) is 16.3 Å². The van der Waals surface area contributed by atoms with Crippen molar-refractivity contribution in [3.8, 4) is 5.75 Å². The van der Waals surface area contributed by atoms with Gasteiger partial charge in [-0.25, -0.2) is 0 Å². The first-order valence-corrected chi connectivity index (χ1v) is 7.62. The Morgan fingerprint density at radius 1 is 1.47 bits per heavy atom. The van der Waals surface area contributed by atoms with E-state index in [1.165, 1.54) is 0 Å². The van der Waals surface area contributed by atoms with Crippen LogP contribution in [0.3, 0.4) is 0 Å². The topological polar surface area (TPSA) is 38.3 Å². The van der Waals surface area contributed by atoms with Crippen molar-refractivity contribution < 1.29 is 9.53 Å². The highest BCUT2D eigenvalue weighted by atomic mass is 79.9. The molecule has 0 bridgehead atoms. The molecule has 1 unspecified atom stereocenters. The van der Waals surface area contributed by atoms with Gasteiger partial charge in [-0.15, -0.1) is 0 Å². The van der Waals surface area contributed by atoms with Crippen molar-refractivity contribution in [3.05, 3.63) is 23.2 Å². The Bertz CT molecular complexity index is 437. The predicted molar refractivity (Wildman–Crippen MR) is 83.4 cm³/mol. The van der Waals surface area contributed by atoms with Gasteiger partial charge in [0.2, 0.25) is 5.91 Å². The molecule has 5 heteroatoms. The fourth-order valence-corrected chi connectivity index (χ4v) is 1.77. The number of amides is 1. The van der Waals surface area contributed by atoms with Crippen LogP contribution in [0.2, 0.25) is 5.02 Å². The summed E-state index contributed by atoms with van der Waals surface area (Å²) in [5.41, 5.74) is 0.670. The van der Waals surface area contributed by atoms with Gasteiger partial charge in [-0.1, -0.05) is 48.3 Å². The molecule has 19 heavy (non-hydrogen) atoms. The summed E-state index contributed by atoms with van der Waals surface area (Å²) < 4.78 is 5.48. The Morgan fingerprint density at radius 2 is 2.16 bits per heavy atom. The molecule has 0 saturated carbocycles. The number of carbonyl (C=O) groups is 1. The molecule has 0 aliphatic rings. The predicted octanol–water partition coefficient (Wildman–Crippen LogP) is 4.49. The fraction of sp³-hybridized carbons (Fsp3) is 0.500. The van der Waals surface area contributed by atoms with Gasteiger partial charge < -0.3 is 10.1 Å². The Kier molecular flexibility index (Phi) is 6.66. The third-order valence-corrected chi connectivity index (χ3v) is 4.27. The zero-order valence-corrected chi connectivity index (χ0v) is 13.7. The smallest absolute Gasteiger partial charge is 0.238 e. The van der Waals surface area contributed by atoms with E-state index >= 15 is 0 Å². The Labute approximate surface area is 127 Å². The minimum Gasteiger partial charge on any atom is -0.492 e. The molecule has 1 rings (SSSR count). The van der Waals surface area contributed by atoms with E-state index in [1.54, 1.807) is 18.2 Å². The van der Waals surface area contributed by atoms with Crippen LogP contribution in [0.25, 0.3) is 0 Å². The molecule has 0 heterocycles. The molecule has 0 aliphatic carbocycles. The molecule has 106 valence electrons. The van der Waals surface area contributed by atoms with Gasteiger partial charge in [-0.05, 0) is 30.5 Å². The molecule has 0 aromatic heterocycles. The van der Waals surface area contributed by atoms with Gasteiger partial charge in [0.05, 0.1) is 16.5 Å². The maximum Gasteiger partial charge on any atom is 0.238 e. The lowest BCUT2D eigenvalue weighted by Gasteiger charge is -2.14. The van der Waals surface area contributed by atoms with E-state index in [1.807, 2.05) is 20.8 Å². The number of hydrogen-bond donors (Lipinski definition) is 1. The number of nitrogens with one attached hydrogen (secondary N) is 1. The lowest BCUT2D eigenvalue weighted by Crippen LogP contribution is -2.26. The fourth-order valence-electron chi connectivity index (χ4n) is 1.42. The average molecular weight is 349 g/mol. The van der Waals surface area contributed by atoms with Crippen molar-refractivity contribution in [2.45, 2.75) is 32.0 Å². The summed E-state index contributed by atoms with van der Waals surface area (Å²) in [4.78, 5) is 11.7. The molecule has 1 atom stereocenters. The minimum absolute atomic E-state index is 0.0757. The zero-order valence-electron chi connectivity index (χ0n) is 11.4. The van der Waals surface area contributed by atoms with E-state index in [0.717, 1.165) is 6.42 Å². The van der Waals surface area contributed by atoms with Gasteiger partial charge >= 0.3 is 0 Å². The number of alkyl halides is 1. The first-order valence-electron chi connectivity index (χ1n) is 6.33. The van der Waals surface area contributed by atoms with Gasteiger partial charge in [-0.3, -0.25) is 4.79 Å². The van der Waals surface area contributed by atoms with Crippen LogP contribution >= 0.6 is 27.5 Å². The summed E-state index contributed by atoms with van der Waals surface area (Å²) in [5.74, 6) is 0.789. The lowest BCUT2D eigenvalue weighted by atomic mass is 10.1. The molecular weight excluding hydrogens is 330 g/mol. The van der Waals surface area contributed by atoms with Crippen molar-refractivity contribution in [3.63, 3.8) is 0 Å². The van der Waals surface area contributed by atoms with Crippen LogP contribution in [0.1, 0.15) is 27.2 Å². The first kappa shape index (κ1) is 16.3. The maximum atomic E-state index is 11.9. The third kappa shape index (κ3) is 5.03. The number of rotatable bonds is 6. The molecule has 0 spiro atoms. The molecule has 0 fully saturated rings.